The lowest BCUT2D eigenvalue weighted by molar-refractivity contribution is -0.122. The number of methoxy groups -OCH3 is 2. The van der Waals surface area contributed by atoms with Crippen molar-refractivity contribution in [2.45, 2.75) is 51.5 Å². The number of fused-ring (bicyclic) bond motifs is 1. The number of amides is 1. The molecule has 0 radical (unpaired) electrons. The zero-order valence-corrected chi connectivity index (χ0v) is 24.0. The first kappa shape index (κ1) is 27.2. The number of hydrogen-bond donors (Lipinski definition) is 1. The van der Waals surface area contributed by atoms with E-state index in [0.29, 0.717) is 50.7 Å². The molecule has 1 aliphatic heterocycles. The number of hydrogen-bond acceptors (Lipinski definition) is 8. The van der Waals surface area contributed by atoms with Crippen molar-refractivity contribution in [2.75, 3.05) is 26.1 Å². The van der Waals surface area contributed by atoms with Gasteiger partial charge >= 0.3 is 0 Å². The fourth-order valence-electron chi connectivity index (χ4n) is 5.04. The Morgan fingerprint density at radius 3 is 2.62 bits per heavy atom. The van der Waals surface area contributed by atoms with Gasteiger partial charge in [-0.1, -0.05) is 55.4 Å². The second-order valence-corrected chi connectivity index (χ2v) is 11.5. The summed E-state index contributed by atoms with van der Waals surface area (Å²) in [4.78, 5) is 33.9. The molecule has 2 aliphatic rings. The summed E-state index contributed by atoms with van der Waals surface area (Å²) in [5, 5.41) is 3.52. The van der Waals surface area contributed by atoms with Gasteiger partial charge in [0.1, 0.15) is 15.8 Å². The molecule has 2 aromatic heterocycles. The van der Waals surface area contributed by atoms with E-state index in [1.54, 1.807) is 35.8 Å². The number of pyridine rings is 1. The van der Waals surface area contributed by atoms with E-state index in [1.165, 1.54) is 18.2 Å². The molecule has 0 atom stereocenters. The standard InChI is InChI=1S/C29H32N4O4S2/c1-18-9-12-25-31-26(30-20-7-5-4-6-8-20)21(27(34)33(25)17-18)16-24-28(35)32(29(38)39-24)14-13-19-10-11-22(36-2)23(15-19)37-3/h9-12,15-17,20,30H,4-8,13-14H2,1-3H3. The Balaban J connectivity index is 1.43. The van der Waals surface area contributed by atoms with Crippen molar-refractivity contribution in [3.05, 3.63) is 68.5 Å². The lowest BCUT2D eigenvalue weighted by Gasteiger charge is -2.24. The Bertz CT molecular complexity index is 1510. The van der Waals surface area contributed by atoms with Crippen molar-refractivity contribution >= 4 is 51.7 Å². The molecule has 1 amide bonds. The lowest BCUT2D eigenvalue weighted by Crippen LogP contribution is -2.30. The molecule has 1 aliphatic carbocycles. The molecule has 8 nitrogen and oxygen atoms in total. The first-order chi connectivity index (χ1) is 18.9. The van der Waals surface area contributed by atoms with Crippen LogP contribution >= 0.6 is 24.0 Å². The van der Waals surface area contributed by atoms with Gasteiger partial charge in [-0.25, -0.2) is 4.98 Å². The Labute approximate surface area is 237 Å². The van der Waals surface area contributed by atoms with Crippen LogP contribution in [0.2, 0.25) is 0 Å². The number of carbonyl (C=O) groups excluding carboxylic acids is 1. The highest BCUT2D eigenvalue weighted by atomic mass is 32.2. The van der Waals surface area contributed by atoms with Crippen LogP contribution in [-0.2, 0) is 11.2 Å². The highest BCUT2D eigenvalue weighted by Crippen LogP contribution is 2.34. The molecule has 0 spiro atoms. The van der Waals surface area contributed by atoms with Crippen LogP contribution in [0.4, 0.5) is 5.82 Å². The Hall–Kier alpha value is -3.37. The van der Waals surface area contributed by atoms with Gasteiger partial charge in [-0.15, -0.1) is 0 Å². The minimum Gasteiger partial charge on any atom is -0.493 e. The molecule has 1 saturated heterocycles. The quantitative estimate of drug-likeness (QED) is 0.295. The monoisotopic (exact) mass is 564 g/mol. The maximum absolute atomic E-state index is 13.7. The maximum atomic E-state index is 13.7. The zero-order chi connectivity index (χ0) is 27.5. The third kappa shape index (κ3) is 5.81. The third-order valence-corrected chi connectivity index (χ3v) is 8.55. The Morgan fingerprint density at radius 1 is 1.10 bits per heavy atom. The van der Waals surface area contributed by atoms with E-state index in [1.807, 2.05) is 37.3 Å². The molecule has 0 bridgehead atoms. The van der Waals surface area contributed by atoms with Crippen LogP contribution in [0.25, 0.3) is 11.7 Å². The molecule has 5 rings (SSSR count). The highest BCUT2D eigenvalue weighted by Gasteiger charge is 2.32. The Morgan fingerprint density at radius 2 is 1.87 bits per heavy atom. The second-order valence-electron chi connectivity index (χ2n) is 9.87. The number of thiocarbonyl (C=S) groups is 1. The highest BCUT2D eigenvalue weighted by molar-refractivity contribution is 8.26. The van der Waals surface area contributed by atoms with Gasteiger partial charge in [0.25, 0.3) is 11.5 Å². The fraction of sp³-hybridized carbons (Fsp3) is 0.379. The summed E-state index contributed by atoms with van der Waals surface area (Å²) in [6, 6.07) is 9.74. The Kier molecular flexibility index (Phi) is 8.23. The zero-order valence-electron chi connectivity index (χ0n) is 22.4. The van der Waals surface area contributed by atoms with E-state index in [9.17, 15) is 9.59 Å². The van der Waals surface area contributed by atoms with Gasteiger partial charge in [-0.05, 0) is 61.6 Å². The molecule has 10 heteroatoms. The van der Waals surface area contributed by atoms with Gasteiger partial charge < -0.3 is 14.8 Å². The maximum Gasteiger partial charge on any atom is 0.267 e. The number of carbonyl (C=O) groups is 1. The minimum atomic E-state index is -0.211. The molecule has 1 saturated carbocycles. The molecule has 0 unspecified atom stereocenters. The smallest absolute Gasteiger partial charge is 0.267 e. The molecule has 204 valence electrons. The van der Waals surface area contributed by atoms with Crippen molar-refractivity contribution in [3.8, 4) is 11.5 Å². The van der Waals surface area contributed by atoms with Crippen LogP contribution in [0, 0.1) is 6.92 Å². The molecular weight excluding hydrogens is 532 g/mol. The van der Waals surface area contributed by atoms with Crippen molar-refractivity contribution in [3.63, 3.8) is 0 Å². The van der Waals surface area contributed by atoms with Crippen LogP contribution in [0.3, 0.4) is 0 Å². The van der Waals surface area contributed by atoms with E-state index in [-0.39, 0.29) is 17.5 Å². The predicted molar refractivity (Wildman–Crippen MR) is 160 cm³/mol. The predicted octanol–water partition coefficient (Wildman–Crippen LogP) is 5.21. The van der Waals surface area contributed by atoms with E-state index in [4.69, 9.17) is 26.7 Å². The number of nitrogens with one attached hydrogen (secondary N) is 1. The number of nitrogens with zero attached hydrogens (tertiary/aromatic N) is 3. The van der Waals surface area contributed by atoms with Gasteiger partial charge in [0.05, 0.1) is 24.7 Å². The SMILES string of the molecule is COc1ccc(CCN2C(=O)C(=Cc3c(NC4CCCCC4)nc4ccc(C)cn4c3=O)SC2=S)cc1OC. The number of anilines is 1. The summed E-state index contributed by atoms with van der Waals surface area (Å²) in [7, 11) is 3.19. The van der Waals surface area contributed by atoms with Gasteiger partial charge in [0, 0.05) is 18.8 Å². The molecular formula is C29H32N4O4S2. The van der Waals surface area contributed by atoms with Crippen molar-refractivity contribution in [1.29, 1.82) is 0 Å². The van der Waals surface area contributed by atoms with Crippen LogP contribution in [0.5, 0.6) is 11.5 Å². The molecule has 39 heavy (non-hydrogen) atoms. The third-order valence-electron chi connectivity index (χ3n) is 7.17. The largest absolute Gasteiger partial charge is 0.493 e. The molecule has 3 aromatic rings. The summed E-state index contributed by atoms with van der Waals surface area (Å²) < 4.78 is 12.7. The molecule has 3 heterocycles. The van der Waals surface area contributed by atoms with Gasteiger partial charge in [0.15, 0.2) is 11.5 Å². The number of benzene rings is 1. The molecule has 2 fully saturated rings. The molecule has 1 aromatic carbocycles. The van der Waals surface area contributed by atoms with Crippen LogP contribution in [0.1, 0.15) is 48.8 Å². The number of aryl methyl sites for hydroxylation is 1. The van der Waals surface area contributed by atoms with Crippen molar-refractivity contribution in [1.82, 2.24) is 14.3 Å². The summed E-state index contributed by atoms with van der Waals surface area (Å²) in [6.45, 7) is 2.35. The van der Waals surface area contributed by atoms with E-state index < -0.39 is 0 Å². The van der Waals surface area contributed by atoms with Crippen molar-refractivity contribution in [2.24, 2.45) is 0 Å². The summed E-state index contributed by atoms with van der Waals surface area (Å²) >= 11 is 6.79. The topological polar surface area (TPSA) is 85.2 Å². The minimum absolute atomic E-state index is 0.206. The summed E-state index contributed by atoms with van der Waals surface area (Å²) in [6.07, 6.45) is 9.62. The van der Waals surface area contributed by atoms with E-state index in [0.717, 1.165) is 36.8 Å². The number of rotatable bonds is 8. The average molecular weight is 565 g/mol. The van der Waals surface area contributed by atoms with Gasteiger partial charge in [-0.3, -0.25) is 18.9 Å². The number of aromatic nitrogens is 2. The number of ether oxygens (including phenoxy) is 2. The fourth-order valence-corrected chi connectivity index (χ4v) is 6.33. The van der Waals surface area contributed by atoms with Crippen molar-refractivity contribution < 1.29 is 14.3 Å². The number of thioether (sulfide) groups is 1. The van der Waals surface area contributed by atoms with E-state index >= 15 is 0 Å². The first-order valence-corrected chi connectivity index (χ1v) is 14.4. The van der Waals surface area contributed by atoms with Gasteiger partial charge in [0.2, 0.25) is 0 Å². The van der Waals surface area contributed by atoms with Crippen LogP contribution < -0.4 is 20.3 Å². The molecule has 1 N–H and O–H groups in total. The van der Waals surface area contributed by atoms with Crippen LogP contribution in [0.15, 0.2) is 46.2 Å². The average Bonchev–Trinajstić information content (AvgIpc) is 3.21. The van der Waals surface area contributed by atoms with Gasteiger partial charge in [-0.2, -0.15) is 0 Å². The normalized spacial score (nSPS) is 17.3. The van der Waals surface area contributed by atoms with Crippen LogP contribution in [-0.4, -0.2) is 51.3 Å². The first-order valence-electron chi connectivity index (χ1n) is 13.1. The summed E-state index contributed by atoms with van der Waals surface area (Å²) in [5.41, 5.74) is 2.69. The van der Waals surface area contributed by atoms with E-state index in [2.05, 4.69) is 5.32 Å². The summed E-state index contributed by atoms with van der Waals surface area (Å²) in [5.74, 6) is 1.60. The lowest BCUT2D eigenvalue weighted by atomic mass is 9.95. The second kappa shape index (κ2) is 11.8.